The van der Waals surface area contributed by atoms with E-state index in [0.29, 0.717) is 13.0 Å². The van der Waals surface area contributed by atoms with Gasteiger partial charge in [-0.25, -0.2) is 0 Å². The molecule has 19 heavy (non-hydrogen) atoms. The van der Waals surface area contributed by atoms with Crippen LogP contribution >= 0.6 is 0 Å². The van der Waals surface area contributed by atoms with E-state index >= 15 is 0 Å². The molecule has 1 aromatic rings. The van der Waals surface area contributed by atoms with Crippen LogP contribution in [-0.2, 0) is 11.2 Å². The van der Waals surface area contributed by atoms with E-state index in [-0.39, 0.29) is 18.9 Å². The number of likely N-dealkylation sites (N-methyl/N-ethyl adjacent to an activating group) is 1. The lowest BCUT2D eigenvalue weighted by molar-refractivity contribution is -0.130. The van der Waals surface area contributed by atoms with Crippen LogP contribution in [-0.4, -0.2) is 50.3 Å². The van der Waals surface area contributed by atoms with E-state index in [1.807, 2.05) is 18.2 Å². The molecular weight excluding hydrogens is 246 g/mol. The van der Waals surface area contributed by atoms with Crippen LogP contribution in [0.2, 0.25) is 0 Å². The van der Waals surface area contributed by atoms with Crippen LogP contribution in [0.1, 0.15) is 12.0 Å². The number of benzene rings is 1. The van der Waals surface area contributed by atoms with Gasteiger partial charge in [-0.15, -0.1) is 0 Å². The Hall–Kier alpha value is -1.75. The van der Waals surface area contributed by atoms with Gasteiger partial charge < -0.3 is 19.5 Å². The van der Waals surface area contributed by atoms with Gasteiger partial charge in [-0.3, -0.25) is 4.79 Å². The molecule has 0 radical (unpaired) electrons. The zero-order valence-electron chi connectivity index (χ0n) is 11.7. The van der Waals surface area contributed by atoms with Crippen LogP contribution in [0.4, 0.5) is 0 Å². The fourth-order valence-electron chi connectivity index (χ4n) is 1.78. The van der Waals surface area contributed by atoms with Crippen molar-refractivity contribution in [2.24, 2.45) is 0 Å². The Morgan fingerprint density at radius 1 is 1.32 bits per heavy atom. The van der Waals surface area contributed by atoms with Gasteiger partial charge in [0.05, 0.1) is 20.8 Å². The van der Waals surface area contributed by atoms with E-state index in [1.165, 1.54) is 0 Å². The van der Waals surface area contributed by atoms with Crippen LogP contribution in [0, 0.1) is 0 Å². The number of aliphatic hydroxyl groups is 1. The van der Waals surface area contributed by atoms with Crippen LogP contribution < -0.4 is 9.47 Å². The highest BCUT2D eigenvalue weighted by atomic mass is 16.5. The largest absolute Gasteiger partial charge is 0.497 e. The molecule has 0 atom stereocenters. The lowest BCUT2D eigenvalue weighted by Gasteiger charge is -2.18. The minimum atomic E-state index is -0.119. The Balaban J connectivity index is 2.68. The lowest BCUT2D eigenvalue weighted by atomic mass is 10.1. The average molecular weight is 267 g/mol. The molecule has 0 unspecified atom stereocenters. The summed E-state index contributed by atoms with van der Waals surface area (Å²) < 4.78 is 10.5. The first kappa shape index (κ1) is 15.3. The van der Waals surface area contributed by atoms with E-state index in [4.69, 9.17) is 14.6 Å². The number of rotatable bonds is 7. The van der Waals surface area contributed by atoms with E-state index in [1.54, 1.807) is 26.2 Å². The van der Waals surface area contributed by atoms with Crippen molar-refractivity contribution in [3.8, 4) is 11.5 Å². The molecule has 5 heteroatoms. The minimum Gasteiger partial charge on any atom is -0.497 e. The number of carbonyl (C=O) groups excluding carboxylic acids is 1. The van der Waals surface area contributed by atoms with Crippen molar-refractivity contribution in [2.75, 3.05) is 34.4 Å². The number of aliphatic hydroxyl groups excluding tert-OH is 1. The fraction of sp³-hybridized carbons (Fsp3) is 0.500. The predicted octanol–water partition coefficient (Wildman–Crippen LogP) is 1.09. The standard InChI is InChI=1S/C14H21NO4/c1-15(14(17)7-9-16)8-6-11-10-12(18-2)4-5-13(11)19-3/h4-5,10,16H,6-9H2,1-3H3. The van der Waals surface area contributed by atoms with Crippen molar-refractivity contribution < 1.29 is 19.4 Å². The maximum absolute atomic E-state index is 11.6. The first-order valence-corrected chi connectivity index (χ1v) is 6.18. The van der Waals surface area contributed by atoms with Crippen molar-refractivity contribution in [1.29, 1.82) is 0 Å². The van der Waals surface area contributed by atoms with Crippen molar-refractivity contribution in [3.05, 3.63) is 23.8 Å². The molecule has 0 aromatic heterocycles. The second-order valence-electron chi connectivity index (χ2n) is 4.22. The summed E-state index contributed by atoms with van der Waals surface area (Å²) in [7, 11) is 4.96. The Labute approximate surface area is 113 Å². The highest BCUT2D eigenvalue weighted by Gasteiger charge is 2.10. The maximum Gasteiger partial charge on any atom is 0.224 e. The summed E-state index contributed by atoms with van der Waals surface area (Å²) in [5.41, 5.74) is 0.991. The Kier molecular flexibility index (Phi) is 6.15. The van der Waals surface area contributed by atoms with Gasteiger partial charge in [0.15, 0.2) is 0 Å². The molecule has 1 rings (SSSR count). The normalized spacial score (nSPS) is 10.1. The molecule has 0 aliphatic carbocycles. The Morgan fingerprint density at radius 2 is 2.05 bits per heavy atom. The third-order valence-corrected chi connectivity index (χ3v) is 2.96. The van der Waals surface area contributed by atoms with Crippen LogP contribution in [0.3, 0.4) is 0 Å². The van der Waals surface area contributed by atoms with E-state index in [9.17, 15) is 4.79 Å². The molecule has 1 N–H and O–H groups in total. The maximum atomic E-state index is 11.6. The van der Waals surface area contributed by atoms with Gasteiger partial charge in [0.1, 0.15) is 11.5 Å². The second kappa shape index (κ2) is 7.63. The van der Waals surface area contributed by atoms with Gasteiger partial charge in [-0.05, 0) is 30.2 Å². The summed E-state index contributed by atoms with van der Waals surface area (Å²) in [5.74, 6) is 1.48. The Morgan fingerprint density at radius 3 is 2.63 bits per heavy atom. The first-order chi connectivity index (χ1) is 9.12. The van der Waals surface area contributed by atoms with Crippen LogP contribution in [0.25, 0.3) is 0 Å². The van der Waals surface area contributed by atoms with Crippen molar-refractivity contribution in [3.63, 3.8) is 0 Å². The number of hydrogen-bond donors (Lipinski definition) is 1. The second-order valence-corrected chi connectivity index (χ2v) is 4.22. The molecule has 5 nitrogen and oxygen atoms in total. The monoisotopic (exact) mass is 267 g/mol. The molecule has 0 saturated heterocycles. The molecule has 0 aliphatic heterocycles. The van der Waals surface area contributed by atoms with Crippen LogP contribution in [0.5, 0.6) is 11.5 Å². The number of methoxy groups -OCH3 is 2. The summed E-state index contributed by atoms with van der Waals surface area (Å²) >= 11 is 0. The summed E-state index contributed by atoms with van der Waals surface area (Å²) in [4.78, 5) is 13.2. The molecule has 0 heterocycles. The molecule has 1 aromatic carbocycles. The Bertz CT molecular complexity index is 420. The first-order valence-electron chi connectivity index (χ1n) is 6.18. The number of amides is 1. The van der Waals surface area contributed by atoms with E-state index < -0.39 is 0 Å². The highest BCUT2D eigenvalue weighted by Crippen LogP contribution is 2.24. The topological polar surface area (TPSA) is 59.0 Å². The van der Waals surface area contributed by atoms with Crippen molar-refractivity contribution in [1.82, 2.24) is 4.90 Å². The van der Waals surface area contributed by atoms with Gasteiger partial charge in [0, 0.05) is 20.0 Å². The number of hydrogen-bond acceptors (Lipinski definition) is 4. The molecule has 106 valence electrons. The van der Waals surface area contributed by atoms with Crippen molar-refractivity contribution >= 4 is 5.91 Å². The minimum absolute atomic E-state index is 0.0654. The van der Waals surface area contributed by atoms with Gasteiger partial charge in [-0.2, -0.15) is 0 Å². The molecule has 0 bridgehead atoms. The summed E-state index contributed by atoms with van der Waals surface area (Å²) in [6.45, 7) is 0.452. The smallest absolute Gasteiger partial charge is 0.224 e. The average Bonchev–Trinajstić information content (AvgIpc) is 2.44. The fourth-order valence-corrected chi connectivity index (χ4v) is 1.78. The number of carbonyl (C=O) groups is 1. The van der Waals surface area contributed by atoms with Crippen LogP contribution in [0.15, 0.2) is 18.2 Å². The van der Waals surface area contributed by atoms with E-state index in [0.717, 1.165) is 17.1 Å². The van der Waals surface area contributed by atoms with Crippen molar-refractivity contribution in [2.45, 2.75) is 12.8 Å². The SMILES string of the molecule is COc1ccc(OC)c(CCN(C)C(=O)CCO)c1. The molecular formula is C14H21NO4. The highest BCUT2D eigenvalue weighted by molar-refractivity contribution is 5.75. The van der Waals surface area contributed by atoms with Gasteiger partial charge >= 0.3 is 0 Å². The molecule has 0 aliphatic rings. The predicted molar refractivity (Wildman–Crippen MR) is 72.6 cm³/mol. The zero-order valence-corrected chi connectivity index (χ0v) is 11.7. The van der Waals surface area contributed by atoms with Gasteiger partial charge in [0.25, 0.3) is 0 Å². The summed E-state index contributed by atoms with van der Waals surface area (Å²) in [6, 6.07) is 5.59. The zero-order chi connectivity index (χ0) is 14.3. The lowest BCUT2D eigenvalue weighted by Crippen LogP contribution is -2.29. The third kappa shape index (κ3) is 4.44. The number of ether oxygens (including phenoxy) is 2. The quantitative estimate of drug-likeness (QED) is 0.803. The third-order valence-electron chi connectivity index (χ3n) is 2.96. The molecule has 0 saturated carbocycles. The summed E-state index contributed by atoms with van der Waals surface area (Å²) in [6.07, 6.45) is 0.833. The molecule has 1 amide bonds. The molecule has 0 fully saturated rings. The number of nitrogens with zero attached hydrogens (tertiary/aromatic N) is 1. The summed E-state index contributed by atoms with van der Waals surface area (Å²) in [5, 5.41) is 8.74. The van der Waals surface area contributed by atoms with Gasteiger partial charge in [0.2, 0.25) is 5.91 Å². The molecule has 0 spiro atoms. The van der Waals surface area contributed by atoms with E-state index in [2.05, 4.69) is 0 Å². The van der Waals surface area contributed by atoms with Gasteiger partial charge in [-0.1, -0.05) is 0 Å².